The average molecular weight is 310 g/mol. The zero-order valence-corrected chi connectivity index (χ0v) is 13.2. The van der Waals surface area contributed by atoms with E-state index in [4.69, 9.17) is 14.7 Å². The van der Waals surface area contributed by atoms with Crippen LogP contribution in [0.4, 0.5) is 10.5 Å². The minimum Gasteiger partial charge on any atom is -0.489 e. The maximum absolute atomic E-state index is 11.9. The van der Waals surface area contributed by atoms with Gasteiger partial charge < -0.3 is 9.47 Å². The van der Waals surface area contributed by atoms with Crippen molar-refractivity contribution in [1.82, 2.24) is 0 Å². The number of aryl methyl sites for hydroxylation is 1. The van der Waals surface area contributed by atoms with E-state index in [1.165, 1.54) is 12.0 Å². The van der Waals surface area contributed by atoms with Gasteiger partial charge in [0.05, 0.1) is 18.9 Å². The first-order valence-electron chi connectivity index (χ1n) is 7.16. The van der Waals surface area contributed by atoms with Gasteiger partial charge in [-0.05, 0) is 24.6 Å². The summed E-state index contributed by atoms with van der Waals surface area (Å²) < 4.78 is 10.6. The van der Waals surface area contributed by atoms with Gasteiger partial charge in [0.25, 0.3) is 0 Å². The molecule has 0 spiro atoms. The second-order valence-corrected chi connectivity index (χ2v) is 4.90. The Morgan fingerprint density at radius 1 is 1.17 bits per heavy atom. The predicted octanol–water partition coefficient (Wildman–Crippen LogP) is 3.67. The number of rotatable bonds is 5. The van der Waals surface area contributed by atoms with E-state index in [-0.39, 0.29) is 6.54 Å². The Hall–Kier alpha value is -3.00. The van der Waals surface area contributed by atoms with Crippen molar-refractivity contribution in [2.75, 3.05) is 18.6 Å². The number of nitrogens with zero attached hydrogens (tertiary/aromatic N) is 2. The number of methoxy groups -OCH3 is 1. The van der Waals surface area contributed by atoms with Crippen molar-refractivity contribution in [3.63, 3.8) is 0 Å². The molecule has 0 aliphatic carbocycles. The molecular weight excluding hydrogens is 292 g/mol. The van der Waals surface area contributed by atoms with Gasteiger partial charge in [0.1, 0.15) is 18.9 Å². The molecule has 0 aliphatic heterocycles. The Bertz CT molecular complexity index is 722. The molecule has 2 aromatic carbocycles. The van der Waals surface area contributed by atoms with Gasteiger partial charge in [-0.1, -0.05) is 36.4 Å². The highest BCUT2D eigenvalue weighted by Crippen LogP contribution is 2.24. The van der Waals surface area contributed by atoms with Crippen LogP contribution in [0, 0.1) is 18.3 Å². The van der Waals surface area contributed by atoms with Crippen molar-refractivity contribution >= 4 is 11.8 Å². The van der Waals surface area contributed by atoms with E-state index in [9.17, 15) is 4.79 Å². The summed E-state index contributed by atoms with van der Waals surface area (Å²) in [6, 6.07) is 17.0. The molecule has 0 saturated carbocycles. The summed E-state index contributed by atoms with van der Waals surface area (Å²) in [6.45, 7) is 2.17. The number of carbonyl (C=O) groups excluding carboxylic acids is 1. The van der Waals surface area contributed by atoms with E-state index in [2.05, 4.69) is 0 Å². The molecule has 0 saturated heterocycles. The summed E-state index contributed by atoms with van der Waals surface area (Å²) in [6.07, 6.45) is -0.574. The minimum atomic E-state index is -0.574. The number of para-hydroxylation sites is 2. The summed E-state index contributed by atoms with van der Waals surface area (Å²) in [5.41, 5.74) is 2.44. The van der Waals surface area contributed by atoms with Crippen molar-refractivity contribution in [1.29, 1.82) is 5.26 Å². The summed E-state index contributed by atoms with van der Waals surface area (Å²) in [5.74, 6) is 0.784. The first-order chi connectivity index (χ1) is 11.2. The fraction of sp³-hybridized carbons (Fsp3) is 0.222. The molecule has 0 radical (unpaired) electrons. The maximum Gasteiger partial charge on any atom is 0.414 e. The van der Waals surface area contributed by atoms with Crippen LogP contribution in [-0.2, 0) is 11.3 Å². The van der Waals surface area contributed by atoms with E-state index < -0.39 is 6.09 Å². The summed E-state index contributed by atoms with van der Waals surface area (Å²) >= 11 is 0. The SMILES string of the molecule is COC(=O)N(CC#N)c1ccccc1COc1ccccc1C. The Morgan fingerprint density at radius 2 is 1.87 bits per heavy atom. The van der Waals surface area contributed by atoms with Crippen molar-refractivity contribution in [3.05, 3.63) is 59.7 Å². The molecule has 0 aromatic heterocycles. The first-order valence-corrected chi connectivity index (χ1v) is 7.16. The van der Waals surface area contributed by atoms with Gasteiger partial charge in [-0.2, -0.15) is 5.26 Å². The van der Waals surface area contributed by atoms with Crippen molar-refractivity contribution in [2.24, 2.45) is 0 Å². The Labute approximate surface area is 135 Å². The van der Waals surface area contributed by atoms with Crippen LogP contribution in [0.1, 0.15) is 11.1 Å². The van der Waals surface area contributed by atoms with E-state index >= 15 is 0 Å². The van der Waals surface area contributed by atoms with E-state index in [1.54, 1.807) is 12.1 Å². The molecule has 1 amide bonds. The molecule has 23 heavy (non-hydrogen) atoms. The molecule has 0 heterocycles. The molecule has 0 aliphatic rings. The Kier molecular flexibility index (Phi) is 5.59. The van der Waals surface area contributed by atoms with Crippen molar-refractivity contribution in [2.45, 2.75) is 13.5 Å². The summed E-state index contributed by atoms with van der Waals surface area (Å²) in [4.78, 5) is 13.2. The zero-order valence-electron chi connectivity index (χ0n) is 13.2. The monoisotopic (exact) mass is 310 g/mol. The smallest absolute Gasteiger partial charge is 0.414 e. The van der Waals surface area contributed by atoms with Gasteiger partial charge in [-0.25, -0.2) is 4.79 Å². The van der Waals surface area contributed by atoms with E-state index in [1.807, 2.05) is 49.4 Å². The van der Waals surface area contributed by atoms with Crippen molar-refractivity contribution in [3.8, 4) is 11.8 Å². The third kappa shape index (κ3) is 4.01. The van der Waals surface area contributed by atoms with Crippen molar-refractivity contribution < 1.29 is 14.3 Å². The third-order valence-corrected chi connectivity index (χ3v) is 3.38. The number of amides is 1. The Balaban J connectivity index is 2.25. The lowest BCUT2D eigenvalue weighted by Crippen LogP contribution is -2.32. The molecule has 118 valence electrons. The predicted molar refractivity (Wildman–Crippen MR) is 87.3 cm³/mol. The van der Waals surface area contributed by atoms with Gasteiger partial charge in [-0.15, -0.1) is 0 Å². The van der Waals surface area contributed by atoms with Gasteiger partial charge in [0.15, 0.2) is 0 Å². The second kappa shape index (κ2) is 7.85. The van der Waals surface area contributed by atoms with E-state index in [0.717, 1.165) is 16.9 Å². The second-order valence-electron chi connectivity index (χ2n) is 4.90. The van der Waals surface area contributed by atoms with Crippen LogP contribution in [-0.4, -0.2) is 19.7 Å². The highest BCUT2D eigenvalue weighted by atomic mass is 16.5. The molecule has 0 N–H and O–H groups in total. The van der Waals surface area contributed by atoms with Gasteiger partial charge in [-0.3, -0.25) is 4.90 Å². The van der Waals surface area contributed by atoms with Crippen LogP contribution in [0.5, 0.6) is 5.75 Å². The fourth-order valence-corrected chi connectivity index (χ4v) is 2.20. The van der Waals surface area contributed by atoms with Gasteiger partial charge >= 0.3 is 6.09 Å². The first kappa shape index (κ1) is 16.4. The number of benzene rings is 2. The highest BCUT2D eigenvalue weighted by Gasteiger charge is 2.19. The molecule has 2 rings (SSSR count). The number of carbonyl (C=O) groups is 1. The zero-order chi connectivity index (χ0) is 16.7. The molecule has 0 bridgehead atoms. The topological polar surface area (TPSA) is 62.6 Å². The maximum atomic E-state index is 11.9. The summed E-state index contributed by atoms with van der Waals surface area (Å²) in [5, 5.41) is 8.95. The minimum absolute atomic E-state index is 0.0892. The molecule has 0 unspecified atom stereocenters. The standard InChI is InChI=1S/C18H18N2O3/c1-14-7-3-6-10-17(14)23-13-15-8-4-5-9-16(15)20(12-11-19)18(21)22-2/h3-10H,12-13H2,1-2H3. The van der Waals surface area contributed by atoms with E-state index in [0.29, 0.717) is 12.3 Å². The number of hydrogen-bond acceptors (Lipinski definition) is 4. The molecule has 2 aromatic rings. The highest BCUT2D eigenvalue weighted by molar-refractivity contribution is 5.89. The number of anilines is 1. The largest absolute Gasteiger partial charge is 0.489 e. The van der Waals surface area contributed by atoms with Gasteiger partial charge in [0, 0.05) is 5.56 Å². The average Bonchev–Trinajstić information content (AvgIpc) is 2.59. The van der Waals surface area contributed by atoms with Crippen LogP contribution >= 0.6 is 0 Å². The van der Waals surface area contributed by atoms with Gasteiger partial charge in [0.2, 0.25) is 0 Å². The lowest BCUT2D eigenvalue weighted by Gasteiger charge is -2.21. The number of nitriles is 1. The number of hydrogen-bond donors (Lipinski definition) is 0. The quantitative estimate of drug-likeness (QED) is 0.790. The van der Waals surface area contributed by atoms with Crippen LogP contribution in [0.2, 0.25) is 0 Å². The van der Waals surface area contributed by atoms with Crippen LogP contribution < -0.4 is 9.64 Å². The normalized spacial score (nSPS) is 9.78. The molecular formula is C18H18N2O3. The lowest BCUT2D eigenvalue weighted by atomic mass is 10.1. The van der Waals surface area contributed by atoms with Crippen LogP contribution in [0.3, 0.4) is 0 Å². The Morgan fingerprint density at radius 3 is 2.57 bits per heavy atom. The van der Waals surface area contributed by atoms with Crippen LogP contribution in [0.15, 0.2) is 48.5 Å². The molecule has 0 atom stereocenters. The summed E-state index contributed by atoms with van der Waals surface area (Å²) in [7, 11) is 1.29. The molecule has 5 nitrogen and oxygen atoms in total. The lowest BCUT2D eigenvalue weighted by molar-refractivity contribution is 0.179. The fourth-order valence-electron chi connectivity index (χ4n) is 2.20. The third-order valence-electron chi connectivity index (χ3n) is 3.38. The van der Waals surface area contributed by atoms with Crippen LogP contribution in [0.25, 0.3) is 0 Å². The molecule has 0 fully saturated rings. The number of ether oxygens (including phenoxy) is 2. The molecule has 5 heteroatoms.